The van der Waals surface area contributed by atoms with E-state index in [9.17, 15) is 18.0 Å². The van der Waals surface area contributed by atoms with Crippen molar-refractivity contribution >= 4 is 34.7 Å². The van der Waals surface area contributed by atoms with Crippen LogP contribution in [0.15, 0.2) is 60.2 Å². The first-order chi connectivity index (χ1) is 20.3. The molecule has 1 N–H and O–H groups in total. The van der Waals surface area contributed by atoms with E-state index in [4.69, 9.17) is 27.9 Å². The van der Waals surface area contributed by atoms with Crippen LogP contribution < -0.4 is 10.1 Å². The van der Waals surface area contributed by atoms with Crippen molar-refractivity contribution < 1.29 is 22.7 Å². The molecule has 4 nitrogen and oxygen atoms in total. The summed E-state index contributed by atoms with van der Waals surface area (Å²) >= 11 is 12.8. The maximum absolute atomic E-state index is 14.2. The average molecular weight is 616 g/mol. The van der Waals surface area contributed by atoms with Gasteiger partial charge >= 0.3 is 0 Å². The Morgan fingerprint density at radius 3 is 2.48 bits per heavy atom. The second kappa shape index (κ2) is 12.3. The number of carbonyl (C=O) groups is 1. The van der Waals surface area contributed by atoms with Gasteiger partial charge in [0, 0.05) is 30.2 Å². The van der Waals surface area contributed by atoms with Gasteiger partial charge in [0.25, 0.3) is 5.91 Å². The van der Waals surface area contributed by atoms with Crippen molar-refractivity contribution in [2.24, 2.45) is 0 Å². The summed E-state index contributed by atoms with van der Waals surface area (Å²) in [6.45, 7) is 0.464. The Morgan fingerprint density at radius 2 is 1.71 bits per heavy atom. The maximum Gasteiger partial charge on any atom is 0.252 e. The molecule has 1 amide bonds. The minimum absolute atomic E-state index is 0.0165. The van der Waals surface area contributed by atoms with Crippen LogP contribution in [0.3, 0.4) is 0 Å². The van der Waals surface area contributed by atoms with Gasteiger partial charge in [-0.25, -0.2) is 8.78 Å². The minimum Gasteiger partial charge on any atom is -0.488 e. The molecular weight excluding hydrogens is 584 g/mol. The lowest BCUT2D eigenvalue weighted by atomic mass is 9.88. The van der Waals surface area contributed by atoms with Gasteiger partial charge in [0.2, 0.25) is 5.82 Å². The van der Waals surface area contributed by atoms with Gasteiger partial charge < -0.3 is 15.0 Å². The third-order valence-corrected chi connectivity index (χ3v) is 9.23. The summed E-state index contributed by atoms with van der Waals surface area (Å²) in [5, 5.41) is 4.62. The Bertz CT molecular complexity index is 1520. The first-order valence-electron chi connectivity index (χ1n) is 14.4. The van der Waals surface area contributed by atoms with E-state index < -0.39 is 23.2 Å². The lowest BCUT2D eigenvalue weighted by molar-refractivity contribution is -0.128. The second-order valence-electron chi connectivity index (χ2n) is 11.3. The number of hydrogen-bond acceptors (Lipinski definition) is 3. The fraction of sp³-hybridized carbons (Fsp3) is 0.364. The van der Waals surface area contributed by atoms with Crippen LogP contribution in [0, 0.1) is 17.5 Å². The molecule has 1 saturated carbocycles. The molecule has 2 aliphatic heterocycles. The molecule has 3 aromatic rings. The number of nitrogens with zero attached hydrogens (tertiary/aromatic N) is 1. The van der Waals surface area contributed by atoms with Crippen molar-refractivity contribution in [2.75, 3.05) is 6.61 Å². The van der Waals surface area contributed by atoms with Gasteiger partial charge in [-0.1, -0.05) is 59.6 Å². The lowest BCUT2D eigenvalue weighted by Gasteiger charge is -2.32. The van der Waals surface area contributed by atoms with Gasteiger partial charge in [-0.05, 0) is 85.4 Å². The lowest BCUT2D eigenvalue weighted by Crippen LogP contribution is -2.44. The minimum atomic E-state index is -1.31. The highest BCUT2D eigenvalue weighted by Crippen LogP contribution is 2.41. The Labute approximate surface area is 253 Å². The van der Waals surface area contributed by atoms with Crippen LogP contribution in [0.4, 0.5) is 13.2 Å². The molecule has 2 atom stereocenters. The number of amides is 1. The number of ether oxygens (including phenoxy) is 1. The standard InChI is InChI=1S/C33H31Cl2F3N2O2/c34-25-5-1-4-21(30(25)35)18-40(23-11-12-23)33(41)29-24(17-22-10-15-28(29)39-22)20-8-6-19(7-9-20)3-2-16-42-32-27(37)14-13-26(36)31(32)38/h1,4-9,13-14,22-23,28,39H,2-3,10-12,15-18H2. The summed E-state index contributed by atoms with van der Waals surface area (Å²) in [6, 6.07) is 15.8. The summed E-state index contributed by atoms with van der Waals surface area (Å²) in [6.07, 6.45) is 5.81. The summed E-state index contributed by atoms with van der Waals surface area (Å²) in [5.74, 6) is -4.02. The number of hydrogen-bond donors (Lipinski definition) is 1. The van der Waals surface area contributed by atoms with E-state index in [-0.39, 0.29) is 24.6 Å². The van der Waals surface area contributed by atoms with Crippen LogP contribution >= 0.6 is 23.2 Å². The molecule has 1 saturated heterocycles. The van der Waals surface area contributed by atoms with Crippen LogP contribution in [0.5, 0.6) is 5.75 Å². The van der Waals surface area contributed by atoms with Gasteiger partial charge in [-0.15, -0.1) is 0 Å². The normalized spacial score (nSPS) is 19.7. The number of aryl methyl sites for hydroxylation is 1. The SMILES string of the molecule is O=C(C1=C(c2ccc(CCCOc3c(F)ccc(F)c3F)cc2)CC2CCC1N2)N(Cc1cccc(Cl)c1Cl)C1CC1. The van der Waals surface area contributed by atoms with E-state index in [1.165, 1.54) is 0 Å². The van der Waals surface area contributed by atoms with E-state index in [2.05, 4.69) is 5.32 Å². The van der Waals surface area contributed by atoms with Crippen LogP contribution in [-0.2, 0) is 17.8 Å². The van der Waals surface area contributed by atoms with Crippen molar-refractivity contribution in [1.29, 1.82) is 0 Å². The third kappa shape index (κ3) is 6.05. The molecule has 3 aromatic carbocycles. The molecule has 9 heteroatoms. The molecule has 3 aliphatic rings. The number of benzene rings is 3. The fourth-order valence-corrected chi connectivity index (χ4v) is 6.43. The van der Waals surface area contributed by atoms with Crippen LogP contribution in [-0.4, -0.2) is 35.5 Å². The zero-order chi connectivity index (χ0) is 29.4. The Balaban J connectivity index is 1.18. The van der Waals surface area contributed by atoms with Gasteiger partial charge in [0.05, 0.1) is 16.7 Å². The van der Waals surface area contributed by atoms with Crippen molar-refractivity contribution in [3.05, 3.63) is 104 Å². The Morgan fingerprint density at radius 1 is 0.952 bits per heavy atom. The highest BCUT2D eigenvalue weighted by Gasteiger charge is 2.42. The van der Waals surface area contributed by atoms with Crippen molar-refractivity contribution in [3.8, 4) is 5.75 Å². The van der Waals surface area contributed by atoms with Crippen molar-refractivity contribution in [3.63, 3.8) is 0 Å². The van der Waals surface area contributed by atoms with E-state index >= 15 is 0 Å². The van der Waals surface area contributed by atoms with E-state index in [0.29, 0.717) is 35.5 Å². The van der Waals surface area contributed by atoms with Gasteiger partial charge in [0.1, 0.15) is 0 Å². The molecule has 2 bridgehead atoms. The third-order valence-electron chi connectivity index (χ3n) is 8.38. The zero-order valence-corrected chi connectivity index (χ0v) is 24.5. The summed E-state index contributed by atoms with van der Waals surface area (Å²) in [7, 11) is 0. The van der Waals surface area contributed by atoms with Crippen LogP contribution in [0.25, 0.3) is 5.57 Å². The first-order valence-corrected chi connectivity index (χ1v) is 15.1. The van der Waals surface area contributed by atoms with Gasteiger partial charge in [-0.2, -0.15) is 4.39 Å². The molecule has 2 unspecified atom stereocenters. The van der Waals surface area contributed by atoms with E-state index in [0.717, 1.165) is 72.1 Å². The number of halogens is 5. The Hall–Kier alpha value is -3.00. The van der Waals surface area contributed by atoms with Crippen LogP contribution in [0.1, 0.15) is 55.2 Å². The van der Waals surface area contributed by atoms with Crippen molar-refractivity contribution in [1.82, 2.24) is 10.2 Å². The zero-order valence-electron chi connectivity index (χ0n) is 22.9. The smallest absolute Gasteiger partial charge is 0.252 e. The summed E-state index contributed by atoms with van der Waals surface area (Å²) in [4.78, 5) is 16.2. The summed E-state index contributed by atoms with van der Waals surface area (Å²) in [5.41, 5.74) is 4.83. The predicted molar refractivity (Wildman–Crippen MR) is 158 cm³/mol. The maximum atomic E-state index is 14.2. The average Bonchev–Trinajstić information content (AvgIpc) is 3.77. The van der Waals surface area contributed by atoms with E-state index in [1.54, 1.807) is 6.07 Å². The quantitative estimate of drug-likeness (QED) is 0.186. The largest absolute Gasteiger partial charge is 0.488 e. The summed E-state index contributed by atoms with van der Waals surface area (Å²) < 4.78 is 46.3. The molecule has 2 heterocycles. The molecule has 0 spiro atoms. The van der Waals surface area contributed by atoms with E-state index in [1.807, 2.05) is 41.3 Å². The number of rotatable bonds is 10. The second-order valence-corrected chi connectivity index (χ2v) is 12.1. The number of carbonyl (C=O) groups excluding carboxylic acids is 1. The highest BCUT2D eigenvalue weighted by molar-refractivity contribution is 6.42. The van der Waals surface area contributed by atoms with Crippen molar-refractivity contribution in [2.45, 2.75) is 69.6 Å². The molecule has 42 heavy (non-hydrogen) atoms. The Kier molecular flexibility index (Phi) is 8.53. The number of fused-ring (bicyclic) bond motifs is 2. The molecule has 2 fully saturated rings. The monoisotopic (exact) mass is 614 g/mol. The molecule has 6 rings (SSSR count). The fourth-order valence-electron chi connectivity index (χ4n) is 6.05. The molecule has 220 valence electrons. The molecule has 0 aromatic heterocycles. The highest BCUT2D eigenvalue weighted by atomic mass is 35.5. The van der Waals surface area contributed by atoms with Gasteiger partial charge in [-0.3, -0.25) is 4.79 Å². The van der Waals surface area contributed by atoms with Crippen LogP contribution in [0.2, 0.25) is 10.0 Å². The molecule has 1 aliphatic carbocycles. The predicted octanol–water partition coefficient (Wildman–Crippen LogP) is 7.89. The first kappa shape index (κ1) is 29.1. The number of nitrogens with one attached hydrogen (secondary N) is 1. The molecular formula is C33H31Cl2F3N2O2. The molecule has 0 radical (unpaired) electrons. The van der Waals surface area contributed by atoms with Gasteiger partial charge in [0.15, 0.2) is 17.4 Å². The topological polar surface area (TPSA) is 41.6 Å².